The van der Waals surface area contributed by atoms with Gasteiger partial charge in [0, 0.05) is 34.3 Å². The molecule has 48 heavy (non-hydrogen) atoms. The van der Waals surface area contributed by atoms with Gasteiger partial charge >= 0.3 is 12.4 Å². The zero-order chi connectivity index (χ0) is 35.1. The predicted octanol–water partition coefficient (Wildman–Crippen LogP) is 11.1. The van der Waals surface area contributed by atoms with Crippen LogP contribution in [-0.2, 0) is 23.2 Å². The summed E-state index contributed by atoms with van der Waals surface area (Å²) in [5.74, 6) is -0.281. The third-order valence-corrected chi connectivity index (χ3v) is 8.54. The molecule has 10 heteroatoms. The summed E-state index contributed by atoms with van der Waals surface area (Å²) >= 11 is 0. The van der Waals surface area contributed by atoms with E-state index in [4.69, 9.17) is 20.9 Å². The lowest BCUT2D eigenvalue weighted by molar-refractivity contribution is -0.139. The monoisotopic (exact) mass is 664 g/mol. The Morgan fingerprint density at radius 3 is 1.12 bits per heavy atom. The molecule has 0 fully saturated rings. The van der Waals surface area contributed by atoms with E-state index in [-0.39, 0.29) is 34.4 Å². The second kappa shape index (κ2) is 12.5. The summed E-state index contributed by atoms with van der Waals surface area (Å²) in [5, 5.41) is 0. The van der Waals surface area contributed by atoms with E-state index in [2.05, 4.69) is 6.07 Å². The average molecular weight is 665 g/mol. The molecule has 5 aromatic carbocycles. The van der Waals surface area contributed by atoms with Gasteiger partial charge < -0.3 is 20.9 Å². The van der Waals surface area contributed by atoms with Gasteiger partial charge in [0.05, 0.1) is 11.1 Å². The van der Waals surface area contributed by atoms with Crippen molar-refractivity contribution >= 4 is 11.4 Å². The molecule has 0 heterocycles. The van der Waals surface area contributed by atoms with E-state index in [9.17, 15) is 26.3 Å². The van der Waals surface area contributed by atoms with E-state index in [0.717, 1.165) is 46.5 Å². The second-order valence-electron chi connectivity index (χ2n) is 12.6. The summed E-state index contributed by atoms with van der Waals surface area (Å²) in [6.07, 6.45) is -9.20. The average Bonchev–Trinajstić information content (AvgIpc) is 3.00. The highest BCUT2D eigenvalue weighted by Gasteiger charge is 2.36. The van der Waals surface area contributed by atoms with Crippen LogP contribution < -0.4 is 20.9 Å². The molecule has 5 aromatic rings. The maximum atomic E-state index is 13.5. The number of hydrogen-bond donors (Lipinski definition) is 2. The van der Waals surface area contributed by atoms with Crippen molar-refractivity contribution in [1.29, 1.82) is 0 Å². The molecule has 0 saturated carbocycles. The number of nitrogens with two attached hydrogens (primary N) is 2. The minimum Gasteiger partial charge on any atom is -0.457 e. The summed E-state index contributed by atoms with van der Waals surface area (Å²) < 4.78 is 92.3. The number of rotatable bonds is 8. The van der Waals surface area contributed by atoms with Crippen molar-refractivity contribution in [3.8, 4) is 23.0 Å². The van der Waals surface area contributed by atoms with Crippen molar-refractivity contribution in [2.24, 2.45) is 0 Å². The largest absolute Gasteiger partial charge is 0.457 e. The van der Waals surface area contributed by atoms with Gasteiger partial charge in [0.25, 0.3) is 0 Å². The first-order valence-electron chi connectivity index (χ1n) is 15.0. The molecule has 4 nitrogen and oxygen atoms in total. The van der Waals surface area contributed by atoms with Crippen molar-refractivity contribution in [1.82, 2.24) is 0 Å². The zero-order valence-electron chi connectivity index (χ0n) is 26.6. The van der Waals surface area contributed by atoms with Gasteiger partial charge in [-0.2, -0.15) is 26.3 Å². The molecular weight excluding hydrogens is 630 g/mol. The number of alkyl halides is 6. The van der Waals surface area contributed by atoms with Crippen LogP contribution in [0, 0.1) is 0 Å². The Morgan fingerprint density at radius 1 is 0.438 bits per heavy atom. The number of halogens is 6. The van der Waals surface area contributed by atoms with Crippen LogP contribution >= 0.6 is 0 Å². The summed E-state index contributed by atoms with van der Waals surface area (Å²) in [6.45, 7) is 8.19. The van der Waals surface area contributed by atoms with E-state index in [1.807, 2.05) is 70.2 Å². The molecule has 0 unspecified atom stereocenters. The molecule has 0 amide bonds. The van der Waals surface area contributed by atoms with E-state index in [1.165, 1.54) is 12.1 Å². The Balaban J connectivity index is 1.36. The van der Waals surface area contributed by atoms with Crippen LogP contribution in [0.25, 0.3) is 0 Å². The van der Waals surface area contributed by atoms with Crippen LogP contribution in [-0.4, -0.2) is 0 Å². The molecule has 0 aromatic heterocycles. The molecule has 0 bridgehead atoms. The van der Waals surface area contributed by atoms with Crippen molar-refractivity contribution < 1.29 is 35.8 Å². The normalized spacial score (nSPS) is 12.5. The van der Waals surface area contributed by atoms with Gasteiger partial charge in [0.2, 0.25) is 0 Å². The van der Waals surface area contributed by atoms with E-state index < -0.39 is 34.3 Å². The van der Waals surface area contributed by atoms with Gasteiger partial charge in [-0.15, -0.1) is 0 Å². The Morgan fingerprint density at radius 2 is 0.792 bits per heavy atom. The van der Waals surface area contributed by atoms with Crippen LogP contribution in [0.1, 0.15) is 61.1 Å². The molecule has 0 saturated heterocycles. The summed E-state index contributed by atoms with van der Waals surface area (Å²) in [7, 11) is 0. The van der Waals surface area contributed by atoms with Crippen molar-refractivity contribution in [3.05, 3.63) is 143 Å². The Hall–Kier alpha value is -5.12. The highest BCUT2D eigenvalue weighted by atomic mass is 19.4. The maximum Gasteiger partial charge on any atom is 0.419 e. The van der Waals surface area contributed by atoms with E-state index in [1.54, 1.807) is 24.3 Å². The standard InChI is InChI=1S/C38H34F6N2O2/c1-35(2,23-8-14-29(15-9-23)47-33-21-27(45)12-18-31(33)37(39,40)41)25-6-5-7-26(20-25)36(3,4)24-10-16-30(17-11-24)48-34-22-28(46)13-19-32(34)38(42,43)44/h5-22H,45-46H2,1-4H3. The van der Waals surface area contributed by atoms with Gasteiger partial charge in [-0.25, -0.2) is 0 Å². The van der Waals surface area contributed by atoms with Gasteiger partial charge in [0.15, 0.2) is 0 Å². The van der Waals surface area contributed by atoms with Gasteiger partial charge in [-0.1, -0.05) is 76.2 Å². The third kappa shape index (κ3) is 7.22. The fraction of sp³-hybridized carbons (Fsp3) is 0.211. The summed E-state index contributed by atoms with van der Waals surface area (Å²) in [4.78, 5) is 0. The molecule has 5 rings (SSSR count). The molecule has 250 valence electrons. The first kappa shape index (κ1) is 34.2. The minimum atomic E-state index is -4.60. The molecule has 4 N–H and O–H groups in total. The van der Waals surface area contributed by atoms with Gasteiger partial charge in [0.1, 0.15) is 23.0 Å². The SMILES string of the molecule is CC(C)(c1ccc(Oc2cc(N)ccc2C(F)(F)F)cc1)c1cccc(C(C)(C)c2ccc(Oc3cc(N)ccc3C(F)(F)F)cc2)c1. The van der Waals surface area contributed by atoms with Crippen molar-refractivity contribution in [2.75, 3.05) is 11.5 Å². The Bertz CT molecular complexity index is 1780. The number of ether oxygens (including phenoxy) is 2. The van der Waals surface area contributed by atoms with Crippen molar-refractivity contribution in [3.63, 3.8) is 0 Å². The maximum absolute atomic E-state index is 13.5. The minimum absolute atomic E-state index is 0.153. The molecule has 0 atom stereocenters. The van der Waals surface area contributed by atoms with Crippen molar-refractivity contribution in [2.45, 2.75) is 50.9 Å². The molecule has 0 aliphatic carbocycles. The fourth-order valence-corrected chi connectivity index (χ4v) is 5.48. The van der Waals surface area contributed by atoms with Crippen LogP contribution in [0.4, 0.5) is 37.7 Å². The molecular formula is C38H34F6N2O2. The molecule has 0 radical (unpaired) electrons. The highest BCUT2D eigenvalue weighted by molar-refractivity contribution is 5.53. The first-order chi connectivity index (χ1) is 22.4. The lowest BCUT2D eigenvalue weighted by Gasteiger charge is -2.31. The van der Waals surface area contributed by atoms with Crippen LogP contribution in [0.15, 0.2) is 109 Å². The Labute approximate surface area is 274 Å². The first-order valence-corrected chi connectivity index (χ1v) is 15.0. The van der Waals surface area contributed by atoms with Gasteiger partial charge in [-0.3, -0.25) is 0 Å². The zero-order valence-corrected chi connectivity index (χ0v) is 26.6. The molecule has 0 spiro atoms. The number of benzene rings is 5. The highest BCUT2D eigenvalue weighted by Crippen LogP contribution is 2.42. The van der Waals surface area contributed by atoms with Gasteiger partial charge in [-0.05, 0) is 70.8 Å². The fourth-order valence-electron chi connectivity index (χ4n) is 5.48. The summed E-state index contributed by atoms with van der Waals surface area (Å²) in [6, 6.07) is 28.3. The number of anilines is 2. The number of hydrogen-bond acceptors (Lipinski definition) is 4. The van der Waals surface area contributed by atoms with E-state index in [0.29, 0.717) is 0 Å². The smallest absolute Gasteiger partial charge is 0.419 e. The third-order valence-electron chi connectivity index (χ3n) is 8.54. The Kier molecular flexibility index (Phi) is 8.90. The van der Waals surface area contributed by atoms with E-state index >= 15 is 0 Å². The van der Waals surface area contributed by atoms with Crippen LogP contribution in [0.5, 0.6) is 23.0 Å². The van der Waals surface area contributed by atoms with Crippen LogP contribution in [0.2, 0.25) is 0 Å². The molecule has 0 aliphatic rings. The molecule has 0 aliphatic heterocycles. The summed E-state index contributed by atoms with van der Waals surface area (Å²) in [5.41, 5.74) is 12.7. The van der Waals surface area contributed by atoms with Crippen LogP contribution in [0.3, 0.4) is 0 Å². The lowest BCUT2D eigenvalue weighted by atomic mass is 9.73. The second-order valence-corrected chi connectivity index (χ2v) is 12.6. The quantitative estimate of drug-likeness (QED) is 0.128. The number of nitrogen functional groups attached to an aromatic ring is 2. The topological polar surface area (TPSA) is 70.5 Å². The lowest BCUT2D eigenvalue weighted by Crippen LogP contribution is -2.22. The predicted molar refractivity (Wildman–Crippen MR) is 175 cm³/mol.